The smallest absolute Gasteiger partial charge is 0.0121 e. The normalized spacial score (nSPS) is 27.1. The zero-order chi connectivity index (χ0) is 17.5. The maximum absolute atomic E-state index is 2.77. The molecule has 3 rings (SSSR count). The summed E-state index contributed by atoms with van der Waals surface area (Å²) in [6.07, 6.45) is 6.94. The first kappa shape index (κ1) is 19.6. The number of hydrogen-bond acceptors (Lipinski definition) is 5. The van der Waals surface area contributed by atoms with E-state index in [-0.39, 0.29) is 0 Å². The van der Waals surface area contributed by atoms with Gasteiger partial charge in [0.05, 0.1) is 0 Å². The van der Waals surface area contributed by atoms with Crippen LogP contribution >= 0.6 is 0 Å². The van der Waals surface area contributed by atoms with Gasteiger partial charge >= 0.3 is 0 Å². The van der Waals surface area contributed by atoms with Crippen molar-refractivity contribution in [3.05, 3.63) is 0 Å². The Hall–Kier alpha value is -0.200. The van der Waals surface area contributed by atoms with Crippen molar-refractivity contribution in [1.82, 2.24) is 24.5 Å². The number of unbranched alkanes of at least 4 members (excludes halogenated alkanes) is 2. The molecule has 3 fully saturated rings. The van der Waals surface area contributed by atoms with Crippen LogP contribution in [0, 0.1) is 0 Å². The molecule has 0 atom stereocenters. The van der Waals surface area contributed by atoms with Crippen LogP contribution in [0.25, 0.3) is 0 Å². The molecule has 5 nitrogen and oxygen atoms in total. The Balaban J connectivity index is 1.20. The van der Waals surface area contributed by atoms with Crippen molar-refractivity contribution >= 4 is 0 Å². The van der Waals surface area contributed by atoms with Crippen LogP contribution in [-0.2, 0) is 0 Å². The number of hydrogen-bond donors (Lipinski definition) is 0. The van der Waals surface area contributed by atoms with E-state index in [1.807, 2.05) is 0 Å². The molecule has 3 heterocycles. The molecule has 0 bridgehead atoms. The third-order valence-electron chi connectivity index (χ3n) is 6.66. The Labute approximate surface area is 155 Å². The van der Waals surface area contributed by atoms with E-state index in [0.29, 0.717) is 0 Å². The number of piperazine rings is 2. The molecule has 0 unspecified atom stereocenters. The molecule has 0 N–H and O–H groups in total. The average molecular weight is 352 g/mol. The van der Waals surface area contributed by atoms with Crippen LogP contribution in [0.3, 0.4) is 0 Å². The summed E-state index contributed by atoms with van der Waals surface area (Å²) in [5.74, 6) is 0. The summed E-state index contributed by atoms with van der Waals surface area (Å²) in [6, 6.07) is 0.863. The average Bonchev–Trinajstić information content (AvgIpc) is 2.64. The van der Waals surface area contributed by atoms with Gasteiger partial charge in [0, 0.05) is 58.4 Å². The van der Waals surface area contributed by atoms with E-state index in [1.165, 1.54) is 111 Å². The quantitative estimate of drug-likeness (QED) is 0.637. The molecular weight excluding hydrogens is 310 g/mol. The zero-order valence-electron chi connectivity index (χ0n) is 16.8. The zero-order valence-corrected chi connectivity index (χ0v) is 16.8. The van der Waals surface area contributed by atoms with Crippen molar-refractivity contribution in [2.75, 3.05) is 92.6 Å². The minimum Gasteiger partial charge on any atom is -0.306 e. The van der Waals surface area contributed by atoms with Gasteiger partial charge in [0.2, 0.25) is 0 Å². The standard InChI is InChI=1S/C20H41N5/c1-21-10-6-20(7-11-21)25-18-16-24(17-19-25)9-5-3-4-8-23-14-12-22(2)13-15-23/h20H,3-19H2,1-2H3. The van der Waals surface area contributed by atoms with E-state index in [2.05, 4.69) is 38.6 Å². The molecule has 5 heteroatoms. The van der Waals surface area contributed by atoms with E-state index >= 15 is 0 Å². The van der Waals surface area contributed by atoms with Crippen molar-refractivity contribution in [2.24, 2.45) is 0 Å². The van der Waals surface area contributed by atoms with E-state index < -0.39 is 0 Å². The molecule has 146 valence electrons. The summed E-state index contributed by atoms with van der Waals surface area (Å²) < 4.78 is 0. The van der Waals surface area contributed by atoms with E-state index in [1.54, 1.807) is 0 Å². The number of piperidine rings is 1. The summed E-state index contributed by atoms with van der Waals surface area (Å²) in [6.45, 7) is 15.5. The summed E-state index contributed by atoms with van der Waals surface area (Å²) in [7, 11) is 4.50. The second-order valence-electron chi connectivity index (χ2n) is 8.62. The highest BCUT2D eigenvalue weighted by atomic mass is 15.3. The summed E-state index contributed by atoms with van der Waals surface area (Å²) in [4.78, 5) is 13.1. The molecule has 3 aliphatic heterocycles. The van der Waals surface area contributed by atoms with Crippen LogP contribution in [0.1, 0.15) is 32.1 Å². The second kappa shape index (κ2) is 10.2. The molecule has 3 saturated heterocycles. The van der Waals surface area contributed by atoms with Gasteiger partial charge in [0.1, 0.15) is 0 Å². The first-order valence-electron chi connectivity index (χ1n) is 10.8. The van der Waals surface area contributed by atoms with Crippen LogP contribution in [0.5, 0.6) is 0 Å². The van der Waals surface area contributed by atoms with Crippen molar-refractivity contribution in [3.63, 3.8) is 0 Å². The fourth-order valence-electron chi connectivity index (χ4n) is 4.63. The van der Waals surface area contributed by atoms with Crippen molar-refractivity contribution < 1.29 is 0 Å². The molecule has 25 heavy (non-hydrogen) atoms. The van der Waals surface area contributed by atoms with Gasteiger partial charge < -0.3 is 19.6 Å². The highest BCUT2D eigenvalue weighted by molar-refractivity contribution is 4.82. The van der Waals surface area contributed by atoms with Gasteiger partial charge in [-0.3, -0.25) is 4.90 Å². The van der Waals surface area contributed by atoms with Crippen LogP contribution in [0.4, 0.5) is 0 Å². The van der Waals surface area contributed by atoms with Gasteiger partial charge in [-0.1, -0.05) is 6.42 Å². The summed E-state index contributed by atoms with van der Waals surface area (Å²) in [5.41, 5.74) is 0. The Kier molecular flexibility index (Phi) is 7.99. The fourth-order valence-corrected chi connectivity index (χ4v) is 4.63. The van der Waals surface area contributed by atoms with Crippen molar-refractivity contribution in [3.8, 4) is 0 Å². The summed E-state index contributed by atoms with van der Waals surface area (Å²) >= 11 is 0. The van der Waals surface area contributed by atoms with Gasteiger partial charge in [0.15, 0.2) is 0 Å². The molecule has 0 radical (unpaired) electrons. The Morgan fingerprint density at radius 3 is 1.60 bits per heavy atom. The molecular formula is C20H41N5. The van der Waals surface area contributed by atoms with Crippen LogP contribution in [-0.4, -0.2) is 123 Å². The molecule has 0 aromatic heterocycles. The number of nitrogens with zero attached hydrogens (tertiary/aromatic N) is 5. The number of likely N-dealkylation sites (N-methyl/N-ethyl adjacent to an activating group) is 1. The number of rotatable bonds is 7. The van der Waals surface area contributed by atoms with E-state index in [4.69, 9.17) is 0 Å². The van der Waals surface area contributed by atoms with Gasteiger partial charge in [0.25, 0.3) is 0 Å². The fraction of sp³-hybridized carbons (Fsp3) is 1.00. The van der Waals surface area contributed by atoms with Gasteiger partial charge in [-0.2, -0.15) is 0 Å². The Morgan fingerprint density at radius 2 is 1.04 bits per heavy atom. The third-order valence-corrected chi connectivity index (χ3v) is 6.66. The molecule has 0 saturated carbocycles. The predicted molar refractivity (Wildman–Crippen MR) is 106 cm³/mol. The van der Waals surface area contributed by atoms with Crippen molar-refractivity contribution in [1.29, 1.82) is 0 Å². The molecule has 3 aliphatic rings. The monoisotopic (exact) mass is 351 g/mol. The molecule has 0 spiro atoms. The maximum atomic E-state index is 2.77. The summed E-state index contributed by atoms with van der Waals surface area (Å²) in [5, 5.41) is 0. The highest BCUT2D eigenvalue weighted by Crippen LogP contribution is 2.17. The largest absolute Gasteiger partial charge is 0.306 e. The maximum Gasteiger partial charge on any atom is 0.0121 e. The van der Waals surface area contributed by atoms with Crippen LogP contribution < -0.4 is 0 Å². The van der Waals surface area contributed by atoms with Crippen LogP contribution in [0.2, 0.25) is 0 Å². The van der Waals surface area contributed by atoms with E-state index in [9.17, 15) is 0 Å². The molecule has 0 aromatic carbocycles. The van der Waals surface area contributed by atoms with Gasteiger partial charge in [-0.25, -0.2) is 0 Å². The Morgan fingerprint density at radius 1 is 0.560 bits per heavy atom. The first-order valence-corrected chi connectivity index (χ1v) is 10.8. The molecule has 0 aliphatic carbocycles. The van der Waals surface area contributed by atoms with Crippen LogP contribution in [0.15, 0.2) is 0 Å². The highest BCUT2D eigenvalue weighted by Gasteiger charge is 2.26. The minimum absolute atomic E-state index is 0.863. The third kappa shape index (κ3) is 6.47. The lowest BCUT2D eigenvalue weighted by atomic mass is 10.0. The first-order chi connectivity index (χ1) is 12.2. The number of likely N-dealkylation sites (tertiary alicyclic amines) is 1. The van der Waals surface area contributed by atoms with Crippen molar-refractivity contribution in [2.45, 2.75) is 38.1 Å². The van der Waals surface area contributed by atoms with E-state index in [0.717, 1.165) is 6.04 Å². The molecule has 0 aromatic rings. The minimum atomic E-state index is 0.863. The lowest BCUT2D eigenvalue weighted by Crippen LogP contribution is -2.52. The lowest BCUT2D eigenvalue weighted by Gasteiger charge is -2.42. The molecule has 0 amide bonds. The lowest BCUT2D eigenvalue weighted by molar-refractivity contribution is 0.0638. The Bertz CT molecular complexity index is 353. The second-order valence-corrected chi connectivity index (χ2v) is 8.62. The van der Waals surface area contributed by atoms with Gasteiger partial charge in [-0.15, -0.1) is 0 Å². The topological polar surface area (TPSA) is 16.2 Å². The van der Waals surface area contributed by atoms with Gasteiger partial charge in [-0.05, 0) is 66.0 Å². The SMILES string of the molecule is CN1CCC(N2CCN(CCCCCN3CCN(C)CC3)CC2)CC1. The predicted octanol–water partition coefficient (Wildman–Crippen LogP) is 1.12.